The lowest BCUT2D eigenvalue weighted by atomic mass is 10.0. The second-order valence-electron chi connectivity index (χ2n) is 16.3. The molecule has 0 bridgehead atoms. The molecule has 3 saturated heterocycles. The molecule has 0 spiro atoms. The molecular formula is C38H54F6N6O9. The van der Waals surface area contributed by atoms with Crippen molar-refractivity contribution >= 4 is 12.2 Å². The number of β-amino-alcohol motifs (C(OH)–C–C–N with tert-alkyl or cyclic N) is 1. The van der Waals surface area contributed by atoms with E-state index >= 15 is 0 Å². The Bertz CT molecular complexity index is 1740. The highest BCUT2D eigenvalue weighted by molar-refractivity contribution is 5.68. The van der Waals surface area contributed by atoms with Gasteiger partial charge in [-0.25, -0.2) is 9.59 Å². The molecule has 0 aliphatic carbocycles. The highest BCUT2D eigenvalue weighted by Gasteiger charge is 2.40. The molecule has 2 amide bonds. The Hall–Kier alpha value is -4.18. The van der Waals surface area contributed by atoms with E-state index in [0.717, 1.165) is 18.3 Å². The first kappa shape index (κ1) is 47.5. The molecule has 3 fully saturated rings. The minimum absolute atomic E-state index is 0.000853. The number of nitrogens with zero attached hydrogens (tertiary/aromatic N) is 6. The minimum atomic E-state index is -4.63. The molecule has 4 atom stereocenters. The van der Waals surface area contributed by atoms with Gasteiger partial charge in [-0.3, -0.25) is 19.8 Å². The van der Waals surface area contributed by atoms with E-state index in [4.69, 9.17) is 23.7 Å². The number of pyridine rings is 2. The first-order chi connectivity index (χ1) is 27.3. The van der Waals surface area contributed by atoms with Gasteiger partial charge in [0, 0.05) is 88.0 Å². The van der Waals surface area contributed by atoms with E-state index < -0.39 is 59.3 Å². The van der Waals surface area contributed by atoms with Crippen LogP contribution in [0.15, 0.2) is 24.5 Å². The molecule has 0 saturated carbocycles. The highest BCUT2D eigenvalue weighted by atomic mass is 19.4. The zero-order valence-electron chi connectivity index (χ0n) is 34.4. The van der Waals surface area contributed by atoms with Gasteiger partial charge in [0.1, 0.15) is 40.2 Å². The molecule has 0 aromatic carbocycles. The summed E-state index contributed by atoms with van der Waals surface area (Å²) in [5.74, 6) is -0.0269. The van der Waals surface area contributed by atoms with Gasteiger partial charge in [0.25, 0.3) is 0 Å². The molecule has 15 nitrogen and oxygen atoms in total. The monoisotopic (exact) mass is 852 g/mol. The SMILES string of the molecule is COc1cc(C(F)(F)F)ncc1C(O)CN1CCN(C(=O)OC(C)(C)C)C[C@H]1CO.COc1cc(C(F)(F)F)ncc1[C@@H]1CN2CCN(C(=O)OC(C)(C)C)C[C@H]2CO1. The van der Waals surface area contributed by atoms with Crippen molar-refractivity contribution in [2.45, 2.75) is 89.4 Å². The third-order valence-electron chi connectivity index (χ3n) is 9.54. The second kappa shape index (κ2) is 19.0. The number of aromatic nitrogens is 2. The average molecular weight is 853 g/mol. The topological polar surface area (TPSA) is 159 Å². The zero-order valence-corrected chi connectivity index (χ0v) is 34.4. The van der Waals surface area contributed by atoms with Crippen LogP contribution in [-0.2, 0) is 26.6 Å². The van der Waals surface area contributed by atoms with Crippen molar-refractivity contribution in [1.82, 2.24) is 29.6 Å². The van der Waals surface area contributed by atoms with Gasteiger partial charge in [-0.05, 0) is 41.5 Å². The summed E-state index contributed by atoms with van der Waals surface area (Å²) in [5.41, 5.74) is -2.74. The van der Waals surface area contributed by atoms with Gasteiger partial charge in [-0.2, -0.15) is 26.3 Å². The van der Waals surface area contributed by atoms with Crippen LogP contribution in [0.1, 0.15) is 76.3 Å². The zero-order chi connectivity index (χ0) is 44.1. The van der Waals surface area contributed by atoms with E-state index in [1.54, 1.807) is 30.6 Å². The largest absolute Gasteiger partial charge is 0.496 e. The summed E-state index contributed by atoms with van der Waals surface area (Å²) < 4.78 is 104. The van der Waals surface area contributed by atoms with Crippen LogP contribution in [0.4, 0.5) is 35.9 Å². The van der Waals surface area contributed by atoms with Crippen LogP contribution < -0.4 is 9.47 Å². The lowest BCUT2D eigenvalue weighted by Crippen LogP contribution is -2.60. The smallest absolute Gasteiger partial charge is 0.433 e. The molecule has 2 N–H and O–H groups in total. The minimum Gasteiger partial charge on any atom is -0.496 e. The van der Waals surface area contributed by atoms with Gasteiger partial charge in [-0.15, -0.1) is 0 Å². The number of fused-ring (bicyclic) bond motifs is 1. The number of halogens is 6. The average Bonchev–Trinajstić information content (AvgIpc) is 3.15. The number of aliphatic hydroxyl groups excluding tert-OH is 2. The number of piperazine rings is 2. The van der Waals surface area contributed by atoms with Gasteiger partial charge >= 0.3 is 24.5 Å². The number of amides is 2. The summed E-state index contributed by atoms with van der Waals surface area (Å²) in [4.78, 5) is 38.6. The molecule has 2 aromatic rings. The first-order valence-corrected chi connectivity index (χ1v) is 18.9. The van der Waals surface area contributed by atoms with Crippen molar-refractivity contribution in [2.75, 3.05) is 79.8 Å². The summed E-state index contributed by atoms with van der Waals surface area (Å²) in [5, 5.41) is 20.3. The number of methoxy groups -OCH3 is 2. The fourth-order valence-electron chi connectivity index (χ4n) is 6.63. The highest BCUT2D eigenvalue weighted by Crippen LogP contribution is 2.37. The van der Waals surface area contributed by atoms with Crippen molar-refractivity contribution in [3.05, 3.63) is 47.0 Å². The molecule has 2 aromatic heterocycles. The van der Waals surface area contributed by atoms with Crippen LogP contribution >= 0.6 is 0 Å². The van der Waals surface area contributed by atoms with E-state index in [1.807, 2.05) is 20.8 Å². The summed E-state index contributed by atoms with van der Waals surface area (Å²) >= 11 is 0. The van der Waals surface area contributed by atoms with E-state index in [2.05, 4.69) is 14.9 Å². The Morgan fingerprint density at radius 2 is 1.32 bits per heavy atom. The molecule has 332 valence electrons. The van der Waals surface area contributed by atoms with Crippen molar-refractivity contribution in [3.8, 4) is 11.5 Å². The fraction of sp³-hybridized carbons (Fsp3) is 0.684. The Balaban J connectivity index is 0.000000261. The number of carbonyl (C=O) groups excluding carboxylic acids is 2. The van der Waals surface area contributed by atoms with Crippen LogP contribution in [0.25, 0.3) is 0 Å². The van der Waals surface area contributed by atoms with Crippen LogP contribution in [-0.4, -0.2) is 155 Å². The maximum absolute atomic E-state index is 12.9. The van der Waals surface area contributed by atoms with Gasteiger partial charge in [0.15, 0.2) is 0 Å². The Morgan fingerprint density at radius 3 is 1.85 bits per heavy atom. The van der Waals surface area contributed by atoms with E-state index in [1.165, 1.54) is 25.3 Å². The first-order valence-electron chi connectivity index (χ1n) is 18.9. The van der Waals surface area contributed by atoms with Crippen LogP contribution in [0.5, 0.6) is 11.5 Å². The van der Waals surface area contributed by atoms with Crippen molar-refractivity contribution in [2.24, 2.45) is 0 Å². The van der Waals surface area contributed by atoms with E-state index in [-0.39, 0.29) is 48.9 Å². The predicted molar refractivity (Wildman–Crippen MR) is 199 cm³/mol. The number of aliphatic hydroxyl groups is 2. The van der Waals surface area contributed by atoms with E-state index in [9.17, 15) is 46.1 Å². The molecule has 3 aliphatic heterocycles. The number of hydrogen-bond acceptors (Lipinski definition) is 13. The number of rotatable bonds is 7. The summed E-state index contributed by atoms with van der Waals surface area (Å²) in [6, 6.07) is 1.17. The summed E-state index contributed by atoms with van der Waals surface area (Å²) in [6.45, 7) is 13.8. The van der Waals surface area contributed by atoms with Crippen LogP contribution in [0.2, 0.25) is 0 Å². The molecule has 59 heavy (non-hydrogen) atoms. The van der Waals surface area contributed by atoms with Crippen molar-refractivity contribution in [1.29, 1.82) is 0 Å². The molecule has 5 rings (SSSR count). The number of carbonyl (C=O) groups is 2. The lowest BCUT2D eigenvalue weighted by Gasteiger charge is -2.46. The third-order valence-corrected chi connectivity index (χ3v) is 9.54. The van der Waals surface area contributed by atoms with E-state index in [0.29, 0.717) is 51.4 Å². The third kappa shape index (κ3) is 13.2. The lowest BCUT2D eigenvalue weighted by molar-refractivity contribution is -0.142. The van der Waals surface area contributed by atoms with Crippen molar-refractivity contribution in [3.63, 3.8) is 0 Å². The molecular weight excluding hydrogens is 798 g/mol. The fourth-order valence-corrected chi connectivity index (χ4v) is 6.63. The van der Waals surface area contributed by atoms with Gasteiger partial charge < -0.3 is 43.7 Å². The Morgan fingerprint density at radius 1 is 0.797 bits per heavy atom. The predicted octanol–water partition coefficient (Wildman–Crippen LogP) is 5.16. The molecule has 0 radical (unpaired) electrons. The second-order valence-corrected chi connectivity index (χ2v) is 16.3. The Kier molecular flexibility index (Phi) is 15.3. The van der Waals surface area contributed by atoms with Crippen LogP contribution in [0, 0.1) is 0 Å². The normalized spacial score (nSPS) is 21.5. The summed E-state index contributed by atoms with van der Waals surface area (Å²) in [6.07, 6.45) is -9.55. The Labute approximate surface area is 339 Å². The number of hydrogen-bond donors (Lipinski definition) is 2. The molecule has 21 heteroatoms. The standard InChI is InChI=1S/C19H28F3N3O5.C19H26F3N3O4/c1-18(2,3)30-17(28)25-6-5-24(12(9-25)11-26)10-14(27)13-8-23-16(19(20,21)22)7-15(13)29-4;1-18(2,3)29-17(26)25-6-5-24-10-15(28-11-12(24)9-25)13-8-23-16(19(20,21)22)7-14(13)27-4/h7-8,12,14,26-27H,5-6,9-11H2,1-4H3;7-8,12,15H,5-6,9-11H2,1-4H3/t12-,14?;12-,15-/m00/s1. The molecule has 3 aliphatic rings. The summed E-state index contributed by atoms with van der Waals surface area (Å²) in [7, 11) is 2.53. The maximum atomic E-state index is 12.9. The van der Waals surface area contributed by atoms with Gasteiger partial charge in [0.05, 0.1) is 45.6 Å². The quantitative estimate of drug-likeness (QED) is 0.353. The molecule has 1 unspecified atom stereocenters. The van der Waals surface area contributed by atoms with Gasteiger partial charge in [0.2, 0.25) is 0 Å². The molecule has 5 heterocycles. The maximum Gasteiger partial charge on any atom is 0.433 e. The van der Waals surface area contributed by atoms with Crippen LogP contribution in [0.3, 0.4) is 0 Å². The number of ether oxygens (including phenoxy) is 5. The van der Waals surface area contributed by atoms with Crippen molar-refractivity contribution < 1.29 is 69.8 Å². The number of alkyl halides is 6. The van der Waals surface area contributed by atoms with Gasteiger partial charge in [-0.1, -0.05) is 0 Å². The number of morpholine rings is 1.